The molecule has 0 saturated heterocycles. The molecule has 0 atom stereocenters. The third-order valence-electron chi connectivity index (χ3n) is 1.37. The van der Waals surface area contributed by atoms with Gasteiger partial charge in [-0.3, -0.25) is 4.79 Å². The topological polar surface area (TPSA) is 29.4 Å². The first-order valence-corrected chi connectivity index (χ1v) is 4.57. The maximum Gasteiger partial charge on any atom is 0.285 e. The summed E-state index contributed by atoms with van der Waals surface area (Å²) in [6, 6.07) is 7.09. The van der Waals surface area contributed by atoms with Crippen molar-refractivity contribution in [3.63, 3.8) is 0 Å². The van der Waals surface area contributed by atoms with Gasteiger partial charge in [0.25, 0.3) is 5.91 Å². The average Bonchev–Trinajstić information content (AvgIpc) is 2.14. The number of hydrogen-bond acceptors (Lipinski definition) is 1. The third-order valence-corrected chi connectivity index (χ3v) is 1.86. The number of hydrogen-bond donors (Lipinski definition) is 0. The van der Waals surface area contributed by atoms with Crippen LogP contribution in [-0.2, 0) is 0 Å². The lowest BCUT2D eigenvalue weighted by atomic mass is 10.2. The largest absolute Gasteiger partial charge is 0.285 e. The fraction of sp³-hybridized carbons (Fsp3) is 0.100. The second-order valence-corrected chi connectivity index (χ2v) is 3.26. The van der Waals surface area contributed by atoms with Crippen LogP contribution in [-0.4, -0.2) is 11.8 Å². The van der Waals surface area contributed by atoms with Gasteiger partial charge in [-0.1, -0.05) is 22.0 Å². The lowest BCUT2D eigenvalue weighted by molar-refractivity contribution is 0.100. The van der Waals surface area contributed by atoms with Crippen LogP contribution in [0.4, 0.5) is 0 Å². The summed E-state index contributed by atoms with van der Waals surface area (Å²) in [7, 11) is 0. The van der Waals surface area contributed by atoms with Crippen molar-refractivity contribution < 1.29 is 4.79 Å². The zero-order valence-corrected chi connectivity index (χ0v) is 8.71. The molecule has 0 N–H and O–H groups in total. The van der Waals surface area contributed by atoms with E-state index in [0.717, 1.165) is 4.47 Å². The van der Waals surface area contributed by atoms with Crippen LogP contribution in [0.5, 0.6) is 0 Å². The number of rotatable bonds is 1. The second kappa shape index (κ2) is 4.75. The molecule has 0 aromatic heterocycles. The molecule has 13 heavy (non-hydrogen) atoms. The van der Waals surface area contributed by atoms with Crippen molar-refractivity contribution in [2.24, 2.45) is 4.99 Å². The maximum absolute atomic E-state index is 11.3. The Morgan fingerprint density at radius 3 is 3.00 bits per heavy atom. The minimum atomic E-state index is -0.278. The lowest BCUT2D eigenvalue weighted by Crippen LogP contribution is -1.93. The van der Waals surface area contributed by atoms with Crippen LogP contribution in [0.15, 0.2) is 39.8 Å². The first-order valence-electron chi connectivity index (χ1n) is 3.78. The van der Waals surface area contributed by atoms with E-state index in [-0.39, 0.29) is 5.91 Å². The number of carbonyl (C=O) groups excluding carboxylic acids is 1. The number of carbonyl (C=O) groups is 1. The quantitative estimate of drug-likeness (QED) is 0.691. The number of benzene rings is 1. The molecule has 1 amide bonds. The Labute approximate surface area is 85.1 Å². The van der Waals surface area contributed by atoms with E-state index in [0.29, 0.717) is 5.56 Å². The van der Waals surface area contributed by atoms with Gasteiger partial charge in [-0.05, 0) is 37.1 Å². The molecule has 0 saturated carbocycles. The van der Waals surface area contributed by atoms with Gasteiger partial charge < -0.3 is 0 Å². The molecule has 1 rings (SSSR count). The van der Waals surface area contributed by atoms with Gasteiger partial charge in [-0.15, -0.1) is 0 Å². The van der Waals surface area contributed by atoms with Crippen LogP contribution in [0.25, 0.3) is 0 Å². The Morgan fingerprint density at radius 2 is 2.38 bits per heavy atom. The number of nitrogens with zero attached hydrogens (tertiary/aromatic N) is 1. The summed E-state index contributed by atoms with van der Waals surface area (Å²) in [6.45, 7) is 1.76. The highest BCUT2D eigenvalue weighted by molar-refractivity contribution is 9.10. The zero-order chi connectivity index (χ0) is 9.68. The molecule has 0 fully saturated rings. The summed E-state index contributed by atoms with van der Waals surface area (Å²) in [5.74, 6) is 2.22. The molecule has 0 spiro atoms. The number of allylic oxidation sites excluding steroid dienone is 1. The molecule has 0 aliphatic carbocycles. The Bertz CT molecular complexity index is 378. The molecule has 66 valence electrons. The normalized spacial score (nSPS) is 8.77. The van der Waals surface area contributed by atoms with E-state index in [2.05, 4.69) is 26.8 Å². The van der Waals surface area contributed by atoms with E-state index in [1.165, 1.54) is 0 Å². The van der Waals surface area contributed by atoms with E-state index in [4.69, 9.17) is 0 Å². The standard InChI is InChI=1S/C10H8BrNO/c1-2-6-12-10(13)8-4-3-5-9(11)7-8/h2-5,7H,1H3. The van der Waals surface area contributed by atoms with Crippen LogP contribution >= 0.6 is 15.9 Å². The van der Waals surface area contributed by atoms with Crippen molar-refractivity contribution in [2.45, 2.75) is 6.92 Å². The molecule has 3 heteroatoms. The van der Waals surface area contributed by atoms with Crippen LogP contribution < -0.4 is 0 Å². The van der Waals surface area contributed by atoms with Crippen LogP contribution in [0.2, 0.25) is 0 Å². The Morgan fingerprint density at radius 1 is 1.62 bits per heavy atom. The number of halogens is 1. The highest BCUT2D eigenvalue weighted by Gasteiger charge is 2.01. The molecule has 1 aromatic carbocycles. The minimum Gasteiger partial charge on any atom is -0.266 e. The van der Waals surface area contributed by atoms with Crippen molar-refractivity contribution in [2.75, 3.05) is 0 Å². The van der Waals surface area contributed by atoms with Crippen molar-refractivity contribution >= 4 is 27.7 Å². The van der Waals surface area contributed by atoms with Gasteiger partial charge in [0.15, 0.2) is 0 Å². The summed E-state index contributed by atoms with van der Waals surface area (Å²) >= 11 is 3.28. The van der Waals surface area contributed by atoms with Crippen molar-refractivity contribution in [1.82, 2.24) is 0 Å². The highest BCUT2D eigenvalue weighted by atomic mass is 79.9. The summed E-state index contributed by atoms with van der Waals surface area (Å²) in [6.07, 6.45) is 1.59. The van der Waals surface area contributed by atoms with Crippen LogP contribution in [0.1, 0.15) is 17.3 Å². The number of amides is 1. The molecule has 0 unspecified atom stereocenters. The van der Waals surface area contributed by atoms with E-state index in [1.54, 1.807) is 31.2 Å². The summed E-state index contributed by atoms with van der Waals surface area (Å²) in [4.78, 5) is 14.9. The lowest BCUT2D eigenvalue weighted by Gasteiger charge is -1.93. The van der Waals surface area contributed by atoms with E-state index < -0.39 is 0 Å². The SMILES string of the molecule is CC=C=NC(=O)c1cccc(Br)c1. The van der Waals surface area contributed by atoms with E-state index in [1.807, 2.05) is 6.07 Å². The van der Waals surface area contributed by atoms with Crippen molar-refractivity contribution in [1.29, 1.82) is 0 Å². The van der Waals surface area contributed by atoms with Gasteiger partial charge in [0.1, 0.15) is 0 Å². The Kier molecular flexibility index (Phi) is 3.62. The Hall–Kier alpha value is -1.18. The van der Waals surface area contributed by atoms with Gasteiger partial charge in [0.2, 0.25) is 0 Å². The van der Waals surface area contributed by atoms with E-state index in [9.17, 15) is 4.79 Å². The van der Waals surface area contributed by atoms with Gasteiger partial charge in [-0.25, -0.2) is 0 Å². The molecule has 2 nitrogen and oxygen atoms in total. The van der Waals surface area contributed by atoms with Crippen molar-refractivity contribution in [3.05, 3.63) is 40.4 Å². The molecule has 1 aromatic rings. The van der Waals surface area contributed by atoms with Gasteiger partial charge in [-0.2, -0.15) is 4.99 Å². The molecule has 0 bridgehead atoms. The zero-order valence-electron chi connectivity index (χ0n) is 7.12. The van der Waals surface area contributed by atoms with E-state index >= 15 is 0 Å². The molecule has 0 heterocycles. The molecular weight excluding hydrogens is 230 g/mol. The molecule has 0 aliphatic rings. The van der Waals surface area contributed by atoms with Crippen LogP contribution in [0, 0.1) is 0 Å². The van der Waals surface area contributed by atoms with Gasteiger partial charge in [0, 0.05) is 10.0 Å². The highest BCUT2D eigenvalue weighted by Crippen LogP contribution is 2.11. The molecule has 0 aliphatic heterocycles. The summed E-state index contributed by atoms with van der Waals surface area (Å²) < 4.78 is 0.869. The first kappa shape index (κ1) is 9.90. The predicted octanol–water partition coefficient (Wildman–Crippen LogP) is 2.84. The van der Waals surface area contributed by atoms with Crippen molar-refractivity contribution in [3.8, 4) is 0 Å². The monoisotopic (exact) mass is 237 g/mol. The molecule has 0 radical (unpaired) electrons. The smallest absolute Gasteiger partial charge is 0.266 e. The fourth-order valence-electron chi connectivity index (χ4n) is 0.809. The minimum absolute atomic E-state index is 0.278. The summed E-state index contributed by atoms with van der Waals surface area (Å²) in [5.41, 5.74) is 0.559. The Balaban J connectivity index is 2.96. The van der Waals surface area contributed by atoms with Crippen LogP contribution in [0.3, 0.4) is 0 Å². The van der Waals surface area contributed by atoms with Gasteiger partial charge >= 0.3 is 0 Å². The number of aliphatic imine (C=N–C) groups is 1. The third kappa shape index (κ3) is 2.98. The second-order valence-electron chi connectivity index (χ2n) is 2.35. The van der Waals surface area contributed by atoms with Gasteiger partial charge in [0.05, 0.1) is 0 Å². The summed E-state index contributed by atoms with van der Waals surface area (Å²) in [5, 5.41) is 0. The first-order chi connectivity index (χ1) is 6.24. The predicted molar refractivity (Wildman–Crippen MR) is 56.2 cm³/mol. The molecular formula is C10H8BrNO. The average molecular weight is 238 g/mol. The maximum atomic E-state index is 11.3. The fourth-order valence-corrected chi connectivity index (χ4v) is 1.21.